The summed E-state index contributed by atoms with van der Waals surface area (Å²) in [6.45, 7) is 0. The molecule has 0 atom stereocenters. The molecule has 0 aliphatic heterocycles. The number of fused-ring (bicyclic) bond motifs is 10. The number of hydrogen-bond acceptors (Lipinski definition) is 1. The normalized spacial score (nSPS) is 11.9. The van der Waals surface area contributed by atoms with E-state index < -0.39 is 0 Å². The summed E-state index contributed by atoms with van der Waals surface area (Å²) in [5, 5.41) is 7.29. The van der Waals surface area contributed by atoms with Crippen molar-refractivity contribution in [2.75, 3.05) is 0 Å². The lowest BCUT2D eigenvalue weighted by Gasteiger charge is -2.11. The SMILES string of the molecule is c1ccc(-c2ccc3oc4ccc5c(c6ccccc6n5-c5ccc(-c6ccc(-n7c8ccccc8c8ccccc87)cc6)cc5)c4c3c2)cc1. The third-order valence-corrected chi connectivity index (χ3v) is 10.5. The molecule has 0 fully saturated rings. The number of benzene rings is 8. The van der Waals surface area contributed by atoms with E-state index in [1.807, 2.05) is 0 Å². The number of furan rings is 1. The Morgan fingerprint density at radius 1 is 0.294 bits per heavy atom. The molecule has 0 radical (unpaired) electrons. The standard InChI is InChI=1S/C48H30N2O/c1-2-10-31(11-3-1)34-22-28-45-40(30-34)48-46(51-45)29-27-44-47(48)39-14-6-9-17-43(39)50(44)36-25-20-33(21-26-36)32-18-23-35(24-19-32)49-41-15-7-4-12-37(41)38-13-5-8-16-42(38)49/h1-30H. The summed E-state index contributed by atoms with van der Waals surface area (Å²) < 4.78 is 11.2. The van der Waals surface area contributed by atoms with Gasteiger partial charge in [-0.2, -0.15) is 0 Å². The Morgan fingerprint density at radius 2 is 0.765 bits per heavy atom. The molecular formula is C48H30N2O. The van der Waals surface area contributed by atoms with Gasteiger partial charge in [-0.15, -0.1) is 0 Å². The van der Waals surface area contributed by atoms with Crippen molar-refractivity contribution in [1.82, 2.24) is 9.13 Å². The van der Waals surface area contributed by atoms with Gasteiger partial charge in [0.05, 0.1) is 22.1 Å². The number of nitrogens with zero attached hydrogens (tertiary/aromatic N) is 2. The number of aromatic nitrogens is 2. The first kappa shape index (κ1) is 28.0. The predicted molar refractivity (Wildman–Crippen MR) is 213 cm³/mol. The fourth-order valence-electron chi connectivity index (χ4n) is 8.22. The number of hydrogen-bond donors (Lipinski definition) is 0. The third kappa shape index (κ3) is 4.19. The van der Waals surface area contributed by atoms with Crippen LogP contribution in [-0.4, -0.2) is 9.13 Å². The van der Waals surface area contributed by atoms with Crippen molar-refractivity contribution < 1.29 is 4.42 Å². The van der Waals surface area contributed by atoms with Crippen LogP contribution in [0.5, 0.6) is 0 Å². The molecule has 3 heterocycles. The van der Waals surface area contributed by atoms with Crippen molar-refractivity contribution in [3.05, 3.63) is 182 Å². The molecule has 238 valence electrons. The van der Waals surface area contributed by atoms with Crippen LogP contribution in [-0.2, 0) is 0 Å². The molecule has 0 saturated heterocycles. The molecule has 11 aromatic rings. The largest absolute Gasteiger partial charge is 0.456 e. The highest BCUT2D eigenvalue weighted by atomic mass is 16.3. The molecule has 0 aliphatic rings. The van der Waals surface area contributed by atoms with Gasteiger partial charge in [0.15, 0.2) is 0 Å². The van der Waals surface area contributed by atoms with Crippen LogP contribution in [0.25, 0.3) is 99.2 Å². The second-order valence-corrected chi connectivity index (χ2v) is 13.3. The molecular weight excluding hydrogens is 621 g/mol. The summed E-state index contributed by atoms with van der Waals surface area (Å²) in [5.41, 5.74) is 13.6. The minimum absolute atomic E-state index is 0.905. The average molecular weight is 651 g/mol. The van der Waals surface area contributed by atoms with Crippen molar-refractivity contribution in [3.63, 3.8) is 0 Å². The fraction of sp³-hybridized carbons (Fsp3) is 0. The summed E-state index contributed by atoms with van der Waals surface area (Å²) in [6, 6.07) is 65.4. The minimum Gasteiger partial charge on any atom is -0.456 e. The van der Waals surface area contributed by atoms with E-state index in [0.717, 1.165) is 33.3 Å². The molecule has 11 rings (SSSR count). The molecule has 3 heteroatoms. The van der Waals surface area contributed by atoms with Crippen molar-refractivity contribution in [3.8, 4) is 33.6 Å². The lowest BCUT2D eigenvalue weighted by molar-refractivity contribution is 0.669. The predicted octanol–water partition coefficient (Wildman–Crippen LogP) is 13.1. The van der Waals surface area contributed by atoms with Crippen LogP contribution in [0.15, 0.2) is 186 Å². The highest BCUT2D eigenvalue weighted by molar-refractivity contribution is 6.27. The Bertz CT molecular complexity index is 3050. The molecule has 0 amide bonds. The van der Waals surface area contributed by atoms with Crippen molar-refractivity contribution >= 4 is 65.6 Å². The van der Waals surface area contributed by atoms with Crippen LogP contribution < -0.4 is 0 Å². The first-order chi connectivity index (χ1) is 25.3. The van der Waals surface area contributed by atoms with Gasteiger partial charge in [0, 0.05) is 43.7 Å². The van der Waals surface area contributed by atoms with Crippen LogP contribution in [0.3, 0.4) is 0 Å². The third-order valence-electron chi connectivity index (χ3n) is 10.5. The summed E-state index contributed by atoms with van der Waals surface area (Å²) in [6.07, 6.45) is 0. The number of para-hydroxylation sites is 3. The highest BCUT2D eigenvalue weighted by Crippen LogP contribution is 2.42. The van der Waals surface area contributed by atoms with Crippen LogP contribution in [0.4, 0.5) is 0 Å². The Balaban J connectivity index is 1.02. The van der Waals surface area contributed by atoms with Crippen LogP contribution >= 0.6 is 0 Å². The van der Waals surface area contributed by atoms with Crippen LogP contribution in [0.1, 0.15) is 0 Å². The lowest BCUT2D eigenvalue weighted by atomic mass is 10.0. The van der Waals surface area contributed by atoms with Gasteiger partial charge in [0.2, 0.25) is 0 Å². The van der Waals surface area contributed by atoms with Gasteiger partial charge < -0.3 is 13.6 Å². The first-order valence-corrected chi connectivity index (χ1v) is 17.4. The minimum atomic E-state index is 0.905. The topological polar surface area (TPSA) is 23.0 Å². The average Bonchev–Trinajstić information content (AvgIpc) is 3.86. The van der Waals surface area contributed by atoms with Crippen LogP contribution in [0, 0.1) is 0 Å². The maximum Gasteiger partial charge on any atom is 0.136 e. The lowest BCUT2D eigenvalue weighted by Crippen LogP contribution is -1.94. The van der Waals surface area contributed by atoms with E-state index in [2.05, 4.69) is 191 Å². The Kier molecular flexibility index (Phi) is 5.96. The smallest absolute Gasteiger partial charge is 0.136 e. The molecule has 3 nitrogen and oxygen atoms in total. The zero-order valence-electron chi connectivity index (χ0n) is 27.6. The zero-order chi connectivity index (χ0) is 33.5. The molecule has 0 spiro atoms. The Hall–Kier alpha value is -6.84. The van der Waals surface area contributed by atoms with Crippen molar-refractivity contribution in [2.45, 2.75) is 0 Å². The Morgan fingerprint density at radius 3 is 1.39 bits per heavy atom. The summed E-state index contributed by atoms with van der Waals surface area (Å²) in [4.78, 5) is 0. The zero-order valence-corrected chi connectivity index (χ0v) is 27.6. The molecule has 0 unspecified atom stereocenters. The Labute approximate surface area is 293 Å². The first-order valence-electron chi connectivity index (χ1n) is 17.4. The van der Waals surface area contributed by atoms with E-state index in [1.165, 1.54) is 65.9 Å². The van der Waals surface area contributed by atoms with Gasteiger partial charge >= 0.3 is 0 Å². The molecule has 8 aromatic carbocycles. The summed E-state index contributed by atoms with van der Waals surface area (Å²) >= 11 is 0. The van der Waals surface area contributed by atoms with Crippen molar-refractivity contribution in [1.29, 1.82) is 0 Å². The van der Waals surface area contributed by atoms with E-state index in [-0.39, 0.29) is 0 Å². The van der Waals surface area contributed by atoms with E-state index >= 15 is 0 Å². The molecule has 0 N–H and O–H groups in total. The molecule has 0 saturated carbocycles. The summed E-state index contributed by atoms with van der Waals surface area (Å²) in [7, 11) is 0. The monoisotopic (exact) mass is 650 g/mol. The van der Waals surface area contributed by atoms with Gasteiger partial charge in [-0.05, 0) is 89.0 Å². The highest BCUT2D eigenvalue weighted by Gasteiger charge is 2.19. The fourth-order valence-corrected chi connectivity index (χ4v) is 8.22. The maximum absolute atomic E-state index is 6.44. The second kappa shape index (κ2) is 10.8. The molecule has 0 aliphatic carbocycles. The van der Waals surface area contributed by atoms with Crippen LogP contribution in [0.2, 0.25) is 0 Å². The molecule has 3 aromatic heterocycles. The summed E-state index contributed by atoms with van der Waals surface area (Å²) in [5.74, 6) is 0. The second-order valence-electron chi connectivity index (χ2n) is 13.3. The van der Waals surface area contributed by atoms with Gasteiger partial charge in [0.25, 0.3) is 0 Å². The van der Waals surface area contributed by atoms with Gasteiger partial charge in [-0.1, -0.05) is 115 Å². The molecule has 0 bridgehead atoms. The van der Waals surface area contributed by atoms with Crippen molar-refractivity contribution in [2.24, 2.45) is 0 Å². The van der Waals surface area contributed by atoms with E-state index in [4.69, 9.17) is 4.42 Å². The van der Waals surface area contributed by atoms with E-state index in [0.29, 0.717) is 0 Å². The number of rotatable bonds is 4. The van der Waals surface area contributed by atoms with Gasteiger partial charge in [-0.3, -0.25) is 0 Å². The van der Waals surface area contributed by atoms with Gasteiger partial charge in [0.1, 0.15) is 11.2 Å². The quantitative estimate of drug-likeness (QED) is 0.186. The van der Waals surface area contributed by atoms with E-state index in [1.54, 1.807) is 0 Å². The van der Waals surface area contributed by atoms with Gasteiger partial charge in [-0.25, -0.2) is 0 Å². The molecule has 51 heavy (non-hydrogen) atoms. The van der Waals surface area contributed by atoms with E-state index in [9.17, 15) is 0 Å². The maximum atomic E-state index is 6.44.